The Morgan fingerprint density at radius 3 is 2.56 bits per heavy atom. The van der Waals surface area contributed by atoms with E-state index in [1.807, 2.05) is 54.6 Å². The molecular weight excluding hydrogens is 443 g/mol. The van der Waals surface area contributed by atoms with Crippen LogP contribution in [0.2, 0.25) is 0 Å². The number of rotatable bonds is 7. The number of aromatic amines is 1. The van der Waals surface area contributed by atoms with E-state index in [0.717, 1.165) is 16.5 Å². The van der Waals surface area contributed by atoms with Gasteiger partial charge in [-0.2, -0.15) is 0 Å². The fourth-order valence-corrected chi connectivity index (χ4v) is 5.43. The van der Waals surface area contributed by atoms with Crippen molar-refractivity contribution in [2.75, 3.05) is 5.32 Å². The molecule has 0 saturated carbocycles. The van der Waals surface area contributed by atoms with Crippen molar-refractivity contribution in [2.45, 2.75) is 9.59 Å². The highest BCUT2D eigenvalue weighted by molar-refractivity contribution is 8.02. The Kier molecular flexibility index (Phi) is 5.70. The summed E-state index contributed by atoms with van der Waals surface area (Å²) in [6, 6.07) is 23.7. The number of halogens is 1. The fraction of sp³-hybridized carbons (Fsp3) is 0.0417. The number of para-hydroxylation sites is 2. The summed E-state index contributed by atoms with van der Waals surface area (Å²) in [7, 11) is 0. The average molecular weight is 461 g/mol. The second-order valence-corrected chi connectivity index (χ2v) is 9.33. The fourth-order valence-electron chi connectivity index (χ4n) is 3.40. The van der Waals surface area contributed by atoms with Crippen LogP contribution < -0.4 is 5.32 Å². The van der Waals surface area contributed by atoms with Crippen molar-refractivity contribution in [3.8, 4) is 0 Å². The molecule has 5 rings (SSSR count). The van der Waals surface area contributed by atoms with Gasteiger partial charge >= 0.3 is 0 Å². The van der Waals surface area contributed by atoms with Crippen molar-refractivity contribution < 1.29 is 9.18 Å². The molecule has 0 saturated heterocycles. The van der Waals surface area contributed by atoms with Gasteiger partial charge in [0.05, 0.1) is 5.69 Å². The monoisotopic (exact) mass is 460 g/mol. The lowest BCUT2D eigenvalue weighted by Gasteiger charge is -2.14. The molecule has 8 heteroatoms. The lowest BCUT2D eigenvalue weighted by atomic mass is 10.0. The number of ketones is 1. The highest BCUT2D eigenvalue weighted by Crippen LogP contribution is 2.41. The molecule has 3 aromatic carbocycles. The molecule has 0 spiro atoms. The van der Waals surface area contributed by atoms with E-state index in [4.69, 9.17) is 0 Å². The highest BCUT2D eigenvalue weighted by Gasteiger charge is 2.27. The number of carbonyl (C=O) groups is 1. The summed E-state index contributed by atoms with van der Waals surface area (Å²) in [4.78, 5) is 16.8. The lowest BCUT2D eigenvalue weighted by molar-refractivity contribution is 0.0991. The summed E-state index contributed by atoms with van der Waals surface area (Å²) in [6.07, 6.45) is 1.76. The van der Waals surface area contributed by atoms with Gasteiger partial charge in [0.2, 0.25) is 5.13 Å². The Hall–Kier alpha value is -3.49. The zero-order valence-electron chi connectivity index (χ0n) is 16.7. The summed E-state index contributed by atoms with van der Waals surface area (Å²) in [5.41, 5.74) is 2.76. The molecule has 0 bridgehead atoms. The summed E-state index contributed by atoms with van der Waals surface area (Å²) < 4.78 is 14.6. The molecule has 0 aliphatic carbocycles. The Morgan fingerprint density at radius 1 is 0.969 bits per heavy atom. The largest absolute Gasteiger partial charge is 0.360 e. The molecule has 158 valence electrons. The Bertz CT molecular complexity index is 1380. The number of aromatic nitrogens is 3. The molecule has 32 heavy (non-hydrogen) atoms. The number of benzene rings is 3. The lowest BCUT2D eigenvalue weighted by Crippen LogP contribution is -2.09. The molecule has 0 aliphatic rings. The average Bonchev–Trinajstić information content (AvgIpc) is 3.46. The molecule has 0 aliphatic heterocycles. The van der Waals surface area contributed by atoms with Crippen molar-refractivity contribution in [1.82, 2.24) is 15.2 Å². The van der Waals surface area contributed by atoms with Crippen LogP contribution >= 0.6 is 23.1 Å². The van der Waals surface area contributed by atoms with Crippen molar-refractivity contribution in [2.24, 2.45) is 0 Å². The van der Waals surface area contributed by atoms with Crippen LogP contribution in [0.1, 0.15) is 21.2 Å². The maximum Gasteiger partial charge on any atom is 0.210 e. The standard InChI is InChI=1S/C24H17FN4OS2/c25-18-11-5-7-13-20(18)27-23-28-29-24(32-23)31-22(15-8-2-1-3-9-15)21(30)17-14-26-19-12-6-4-10-16(17)19/h1-14,22,26H,(H,27,28)/t22-/m1/s1. The third-order valence-corrected chi connectivity index (χ3v) is 7.11. The molecule has 5 nitrogen and oxygen atoms in total. The Morgan fingerprint density at radius 2 is 1.72 bits per heavy atom. The van der Waals surface area contributed by atoms with Gasteiger partial charge in [-0.3, -0.25) is 4.79 Å². The summed E-state index contributed by atoms with van der Waals surface area (Å²) in [5.74, 6) is -0.383. The van der Waals surface area contributed by atoms with Crippen LogP contribution in [0.15, 0.2) is 89.4 Å². The SMILES string of the molecule is O=C(c1c[nH]c2ccccc12)[C@H](Sc1nnc(Nc2ccccc2F)s1)c1ccccc1. The molecule has 0 fully saturated rings. The van der Waals surface area contributed by atoms with Gasteiger partial charge in [0, 0.05) is 22.7 Å². The number of hydrogen-bond acceptors (Lipinski definition) is 6. The number of fused-ring (bicyclic) bond motifs is 1. The number of thioether (sulfide) groups is 1. The number of nitrogens with zero attached hydrogens (tertiary/aromatic N) is 2. The molecule has 2 heterocycles. The topological polar surface area (TPSA) is 70.7 Å². The predicted molar refractivity (Wildman–Crippen MR) is 127 cm³/mol. The second kappa shape index (κ2) is 8.94. The zero-order chi connectivity index (χ0) is 21.9. The van der Waals surface area contributed by atoms with Crippen LogP contribution in [0.5, 0.6) is 0 Å². The molecule has 5 aromatic rings. The molecule has 0 amide bonds. The van der Waals surface area contributed by atoms with Gasteiger partial charge in [-0.25, -0.2) is 4.39 Å². The van der Waals surface area contributed by atoms with E-state index in [0.29, 0.717) is 20.7 Å². The number of hydrogen-bond donors (Lipinski definition) is 2. The van der Waals surface area contributed by atoms with Crippen molar-refractivity contribution >= 4 is 50.6 Å². The van der Waals surface area contributed by atoms with Gasteiger partial charge in [-0.05, 0) is 23.8 Å². The number of Topliss-reactive ketones (excluding diaryl/α,β-unsaturated/α-hetero) is 1. The van der Waals surface area contributed by atoms with E-state index in [2.05, 4.69) is 20.5 Å². The van der Waals surface area contributed by atoms with Crippen LogP contribution in [0.25, 0.3) is 10.9 Å². The second-order valence-electron chi connectivity index (χ2n) is 7.00. The number of anilines is 2. The highest BCUT2D eigenvalue weighted by atomic mass is 32.2. The summed E-state index contributed by atoms with van der Waals surface area (Å²) in [6.45, 7) is 0. The van der Waals surface area contributed by atoms with Crippen molar-refractivity contribution in [3.05, 3.63) is 102 Å². The van der Waals surface area contributed by atoms with Crippen LogP contribution in [0.4, 0.5) is 15.2 Å². The molecule has 2 N–H and O–H groups in total. The van der Waals surface area contributed by atoms with E-state index < -0.39 is 5.25 Å². The third-order valence-electron chi connectivity index (χ3n) is 4.94. The molecule has 2 aromatic heterocycles. The third kappa shape index (κ3) is 4.15. The van der Waals surface area contributed by atoms with Crippen LogP contribution in [0.3, 0.4) is 0 Å². The number of carbonyl (C=O) groups excluding carboxylic acids is 1. The van der Waals surface area contributed by atoms with Gasteiger partial charge in [-0.1, -0.05) is 83.8 Å². The maximum absolute atomic E-state index is 13.9. The molecule has 0 radical (unpaired) electrons. The van der Waals surface area contributed by atoms with E-state index in [-0.39, 0.29) is 11.6 Å². The van der Waals surface area contributed by atoms with E-state index >= 15 is 0 Å². The molecular formula is C24H17FN4OS2. The minimum absolute atomic E-state index is 0.0162. The van der Waals surface area contributed by atoms with Gasteiger partial charge in [0.15, 0.2) is 10.1 Å². The first-order valence-electron chi connectivity index (χ1n) is 9.86. The molecule has 1 atom stereocenters. The van der Waals surface area contributed by atoms with Crippen LogP contribution in [0, 0.1) is 5.82 Å². The first-order valence-corrected chi connectivity index (χ1v) is 11.6. The van der Waals surface area contributed by atoms with Crippen molar-refractivity contribution in [3.63, 3.8) is 0 Å². The normalized spacial score (nSPS) is 12.0. The van der Waals surface area contributed by atoms with Crippen LogP contribution in [-0.4, -0.2) is 21.0 Å². The zero-order valence-corrected chi connectivity index (χ0v) is 18.3. The van der Waals surface area contributed by atoms with Gasteiger partial charge in [0.25, 0.3) is 0 Å². The Balaban J connectivity index is 1.44. The van der Waals surface area contributed by atoms with E-state index in [9.17, 15) is 9.18 Å². The van der Waals surface area contributed by atoms with Gasteiger partial charge in [-0.15, -0.1) is 10.2 Å². The minimum atomic E-state index is -0.496. The Labute approximate surface area is 191 Å². The smallest absolute Gasteiger partial charge is 0.210 e. The van der Waals surface area contributed by atoms with Gasteiger partial charge < -0.3 is 10.3 Å². The van der Waals surface area contributed by atoms with Crippen LogP contribution in [-0.2, 0) is 0 Å². The van der Waals surface area contributed by atoms with Crippen molar-refractivity contribution in [1.29, 1.82) is 0 Å². The van der Waals surface area contributed by atoms with E-state index in [1.54, 1.807) is 24.4 Å². The van der Waals surface area contributed by atoms with Gasteiger partial charge in [0.1, 0.15) is 11.1 Å². The predicted octanol–water partition coefficient (Wildman–Crippen LogP) is 6.62. The number of H-pyrrole nitrogens is 1. The maximum atomic E-state index is 13.9. The quantitative estimate of drug-likeness (QED) is 0.211. The summed E-state index contributed by atoms with van der Waals surface area (Å²) in [5, 5.41) is 12.2. The number of nitrogens with one attached hydrogen (secondary N) is 2. The summed E-state index contributed by atoms with van der Waals surface area (Å²) >= 11 is 2.62. The first kappa shape index (κ1) is 20.4. The van der Waals surface area contributed by atoms with E-state index in [1.165, 1.54) is 29.2 Å². The molecule has 0 unspecified atom stereocenters. The minimum Gasteiger partial charge on any atom is -0.360 e. The first-order chi connectivity index (χ1) is 15.7.